The van der Waals surface area contributed by atoms with Gasteiger partial charge in [-0.3, -0.25) is 4.79 Å². The summed E-state index contributed by atoms with van der Waals surface area (Å²) < 4.78 is 0. The molecule has 0 spiro atoms. The molecule has 0 aliphatic carbocycles. The number of aromatic amines is 1. The monoisotopic (exact) mass is 352 g/mol. The maximum absolute atomic E-state index is 12.6. The normalized spacial score (nSPS) is 17.3. The molecule has 2 N–H and O–H groups in total. The van der Waals surface area contributed by atoms with E-state index >= 15 is 0 Å². The molecule has 1 fully saturated rings. The molecule has 7 nitrogen and oxygen atoms in total. The molecule has 0 aromatic carbocycles. The fourth-order valence-electron chi connectivity index (χ4n) is 3.17. The van der Waals surface area contributed by atoms with Gasteiger partial charge in [-0.2, -0.15) is 5.26 Å². The number of hydrogen-bond acceptors (Lipinski definition) is 5. The van der Waals surface area contributed by atoms with Gasteiger partial charge < -0.3 is 20.1 Å². The summed E-state index contributed by atoms with van der Waals surface area (Å²) >= 11 is 0. The molecule has 1 amide bonds. The molecular weight excluding hydrogens is 328 g/mol. The first-order valence-corrected chi connectivity index (χ1v) is 8.84. The van der Waals surface area contributed by atoms with E-state index in [1.165, 1.54) is 0 Å². The molecular formula is C19H24N6O. The summed E-state index contributed by atoms with van der Waals surface area (Å²) in [6, 6.07) is 8.00. The Hall–Kier alpha value is -3.01. The highest BCUT2D eigenvalue weighted by Gasteiger charge is 2.22. The third kappa shape index (κ3) is 4.14. The van der Waals surface area contributed by atoms with Crippen molar-refractivity contribution in [1.82, 2.24) is 14.9 Å². The molecule has 1 aliphatic heterocycles. The van der Waals surface area contributed by atoms with E-state index < -0.39 is 0 Å². The van der Waals surface area contributed by atoms with Crippen LogP contribution in [-0.4, -0.2) is 54.0 Å². The lowest BCUT2D eigenvalue weighted by atomic mass is 10.1. The number of nitriles is 1. The minimum Gasteiger partial charge on any atom is -0.381 e. The number of rotatable bonds is 4. The zero-order valence-electron chi connectivity index (χ0n) is 15.2. The van der Waals surface area contributed by atoms with Crippen molar-refractivity contribution in [2.75, 3.05) is 37.4 Å². The molecule has 136 valence electrons. The molecule has 1 aliphatic rings. The zero-order valence-corrected chi connectivity index (χ0v) is 15.2. The Morgan fingerprint density at radius 3 is 2.88 bits per heavy atom. The standard InChI is InChI=1S/C19H24N6O/c1-24(2)18-6-5-16(13-22-18)23-15-4-3-8-25(9-7-15)19(26)17-10-14(11-20)12-21-17/h5-6,10,12-13,15,21,23H,3-4,7-9H2,1-2H3/t15-/m0/s1. The van der Waals surface area contributed by atoms with Crippen LogP contribution in [0.5, 0.6) is 0 Å². The van der Waals surface area contributed by atoms with Crippen LogP contribution < -0.4 is 10.2 Å². The quantitative estimate of drug-likeness (QED) is 0.882. The number of likely N-dealkylation sites (tertiary alicyclic amines) is 1. The van der Waals surface area contributed by atoms with Gasteiger partial charge in [-0.15, -0.1) is 0 Å². The Labute approximate surface area is 153 Å². The Kier molecular flexibility index (Phi) is 5.42. The molecule has 1 atom stereocenters. The first-order chi connectivity index (χ1) is 12.6. The van der Waals surface area contributed by atoms with Crippen molar-refractivity contribution in [3.05, 3.63) is 41.9 Å². The maximum atomic E-state index is 12.6. The third-order valence-electron chi connectivity index (χ3n) is 4.63. The highest BCUT2D eigenvalue weighted by Crippen LogP contribution is 2.19. The van der Waals surface area contributed by atoms with E-state index in [1.807, 2.05) is 48.3 Å². The highest BCUT2D eigenvalue weighted by atomic mass is 16.2. The molecule has 0 unspecified atom stereocenters. The van der Waals surface area contributed by atoms with E-state index in [2.05, 4.69) is 15.3 Å². The van der Waals surface area contributed by atoms with Gasteiger partial charge in [0.2, 0.25) is 0 Å². The molecule has 26 heavy (non-hydrogen) atoms. The van der Waals surface area contributed by atoms with E-state index in [0.29, 0.717) is 23.8 Å². The van der Waals surface area contributed by atoms with Gasteiger partial charge in [-0.1, -0.05) is 0 Å². The predicted octanol–water partition coefficient (Wildman–Crippen LogP) is 2.45. The minimum atomic E-state index is -0.0378. The van der Waals surface area contributed by atoms with Crippen LogP contribution in [0.2, 0.25) is 0 Å². The number of carbonyl (C=O) groups excluding carboxylic acids is 1. The van der Waals surface area contributed by atoms with Crippen LogP contribution in [0.25, 0.3) is 0 Å². The average Bonchev–Trinajstić information content (AvgIpc) is 3.01. The second-order valence-corrected chi connectivity index (χ2v) is 6.78. The largest absolute Gasteiger partial charge is 0.381 e. The van der Waals surface area contributed by atoms with Crippen molar-refractivity contribution in [2.24, 2.45) is 0 Å². The second-order valence-electron chi connectivity index (χ2n) is 6.78. The fraction of sp³-hybridized carbons (Fsp3) is 0.421. The highest BCUT2D eigenvalue weighted by molar-refractivity contribution is 5.92. The van der Waals surface area contributed by atoms with Gasteiger partial charge in [-0.25, -0.2) is 4.98 Å². The van der Waals surface area contributed by atoms with Crippen molar-refractivity contribution < 1.29 is 4.79 Å². The van der Waals surface area contributed by atoms with E-state index in [4.69, 9.17) is 5.26 Å². The molecule has 3 rings (SSSR count). The summed E-state index contributed by atoms with van der Waals surface area (Å²) in [6.45, 7) is 1.43. The minimum absolute atomic E-state index is 0.0378. The van der Waals surface area contributed by atoms with Gasteiger partial charge in [0.1, 0.15) is 17.6 Å². The Morgan fingerprint density at radius 1 is 1.38 bits per heavy atom. The van der Waals surface area contributed by atoms with Gasteiger partial charge in [-0.05, 0) is 37.5 Å². The van der Waals surface area contributed by atoms with Crippen molar-refractivity contribution in [3.8, 4) is 6.07 Å². The molecule has 0 saturated carbocycles. The van der Waals surface area contributed by atoms with Crippen molar-refractivity contribution in [3.63, 3.8) is 0 Å². The lowest BCUT2D eigenvalue weighted by molar-refractivity contribution is 0.0756. The van der Waals surface area contributed by atoms with Crippen LogP contribution in [0.15, 0.2) is 30.6 Å². The van der Waals surface area contributed by atoms with Crippen molar-refractivity contribution in [1.29, 1.82) is 5.26 Å². The fourth-order valence-corrected chi connectivity index (χ4v) is 3.17. The smallest absolute Gasteiger partial charge is 0.270 e. The SMILES string of the molecule is CN(C)c1ccc(N[C@H]2CCCN(C(=O)c3cc(C#N)c[nH]3)CC2)cn1. The predicted molar refractivity (Wildman–Crippen MR) is 101 cm³/mol. The van der Waals surface area contributed by atoms with E-state index in [9.17, 15) is 4.79 Å². The Morgan fingerprint density at radius 2 is 2.23 bits per heavy atom. The second kappa shape index (κ2) is 7.91. The summed E-state index contributed by atoms with van der Waals surface area (Å²) in [6.07, 6.45) is 6.25. The number of pyridine rings is 1. The molecule has 1 saturated heterocycles. The van der Waals surface area contributed by atoms with Crippen molar-refractivity contribution >= 4 is 17.4 Å². The van der Waals surface area contributed by atoms with Crippen LogP contribution >= 0.6 is 0 Å². The molecule has 0 radical (unpaired) electrons. The number of H-pyrrole nitrogens is 1. The molecule has 2 aromatic heterocycles. The number of nitrogens with zero attached hydrogens (tertiary/aromatic N) is 4. The first-order valence-electron chi connectivity index (χ1n) is 8.84. The number of hydrogen-bond donors (Lipinski definition) is 2. The van der Waals surface area contributed by atoms with E-state index in [1.54, 1.807) is 12.3 Å². The maximum Gasteiger partial charge on any atom is 0.270 e. The van der Waals surface area contributed by atoms with Crippen molar-refractivity contribution in [2.45, 2.75) is 25.3 Å². The van der Waals surface area contributed by atoms with Gasteiger partial charge in [0, 0.05) is 39.4 Å². The number of carbonyl (C=O) groups is 1. The van der Waals surface area contributed by atoms with E-state index in [0.717, 1.165) is 37.3 Å². The number of nitrogens with one attached hydrogen (secondary N) is 2. The van der Waals surface area contributed by atoms with Crippen LogP contribution in [0.4, 0.5) is 11.5 Å². The summed E-state index contributed by atoms with van der Waals surface area (Å²) in [5.74, 6) is 0.889. The van der Waals surface area contributed by atoms with Gasteiger partial charge >= 0.3 is 0 Å². The topological polar surface area (TPSA) is 88.0 Å². The van der Waals surface area contributed by atoms with E-state index in [-0.39, 0.29) is 5.91 Å². The Bertz CT molecular complexity index is 789. The summed E-state index contributed by atoms with van der Waals surface area (Å²) in [5, 5.41) is 12.4. The summed E-state index contributed by atoms with van der Waals surface area (Å²) in [5.41, 5.74) is 1.97. The third-order valence-corrected chi connectivity index (χ3v) is 4.63. The van der Waals surface area contributed by atoms with Crippen LogP contribution in [0, 0.1) is 11.3 Å². The summed E-state index contributed by atoms with van der Waals surface area (Å²) in [4.78, 5) is 23.8. The van der Waals surface area contributed by atoms with Crippen LogP contribution in [0.3, 0.4) is 0 Å². The lowest BCUT2D eigenvalue weighted by Gasteiger charge is -2.21. The molecule has 3 heterocycles. The zero-order chi connectivity index (χ0) is 18.5. The lowest BCUT2D eigenvalue weighted by Crippen LogP contribution is -2.32. The van der Waals surface area contributed by atoms with Gasteiger partial charge in [0.25, 0.3) is 5.91 Å². The number of aromatic nitrogens is 2. The molecule has 7 heteroatoms. The number of amides is 1. The first kappa shape index (κ1) is 17.8. The van der Waals surface area contributed by atoms with Crippen LogP contribution in [0.1, 0.15) is 35.3 Å². The van der Waals surface area contributed by atoms with Gasteiger partial charge in [0.05, 0.1) is 17.4 Å². The molecule has 0 bridgehead atoms. The average molecular weight is 352 g/mol. The summed E-state index contributed by atoms with van der Waals surface area (Å²) in [7, 11) is 3.94. The number of anilines is 2. The van der Waals surface area contributed by atoms with Crippen LogP contribution in [-0.2, 0) is 0 Å². The Balaban J connectivity index is 1.57. The molecule has 2 aromatic rings. The van der Waals surface area contributed by atoms with Gasteiger partial charge in [0.15, 0.2) is 0 Å².